The monoisotopic (exact) mass is 320 g/mol. The predicted octanol–water partition coefficient (Wildman–Crippen LogP) is 3.28. The first-order chi connectivity index (χ1) is 10.3. The number of carboxylic acids is 1. The van der Waals surface area contributed by atoms with Gasteiger partial charge in [0.15, 0.2) is 0 Å². The van der Waals surface area contributed by atoms with Crippen LogP contribution < -0.4 is 5.56 Å². The van der Waals surface area contributed by atoms with Crippen molar-refractivity contribution in [3.63, 3.8) is 0 Å². The molecule has 1 atom stereocenters. The Morgan fingerprint density at radius 2 is 2.05 bits per heavy atom. The highest BCUT2D eigenvalue weighted by Crippen LogP contribution is 2.42. The largest absolute Gasteiger partial charge is 0.481 e. The summed E-state index contributed by atoms with van der Waals surface area (Å²) < 4.78 is 1.72. The smallest absolute Gasteiger partial charge is 0.311 e. The summed E-state index contributed by atoms with van der Waals surface area (Å²) in [5, 5.41) is 9.96. The van der Waals surface area contributed by atoms with Crippen molar-refractivity contribution in [3.8, 4) is 0 Å². The van der Waals surface area contributed by atoms with E-state index in [0.29, 0.717) is 16.6 Å². The first-order valence-electron chi connectivity index (χ1n) is 7.63. The Bertz CT molecular complexity index is 817. The fourth-order valence-corrected chi connectivity index (χ4v) is 4.52. The molecule has 2 heterocycles. The summed E-state index contributed by atoms with van der Waals surface area (Å²) in [7, 11) is 0. The zero-order valence-electron chi connectivity index (χ0n) is 13.2. The first kappa shape index (κ1) is 15.2. The van der Waals surface area contributed by atoms with Crippen LogP contribution in [0.4, 0.5) is 0 Å². The summed E-state index contributed by atoms with van der Waals surface area (Å²) in [4.78, 5) is 30.9. The standard InChI is InChI=1S/C16H20N2O3S/c1-7(2)13-17-14-12(15(19)18(13)8(3)4)11-9(16(20)21)5-6-10(11)22-14/h7-9H,5-6H2,1-4H3,(H,20,21). The van der Waals surface area contributed by atoms with Gasteiger partial charge in [-0.15, -0.1) is 11.3 Å². The molecule has 0 saturated carbocycles. The fourth-order valence-electron chi connectivity index (χ4n) is 3.27. The van der Waals surface area contributed by atoms with Crippen LogP contribution >= 0.6 is 11.3 Å². The molecule has 6 heteroatoms. The van der Waals surface area contributed by atoms with Gasteiger partial charge in [0.25, 0.3) is 5.56 Å². The number of aryl methyl sites for hydroxylation is 1. The molecule has 0 aliphatic heterocycles. The van der Waals surface area contributed by atoms with Crippen LogP contribution in [0.1, 0.15) is 68.3 Å². The molecular formula is C16H20N2O3S. The molecule has 0 fully saturated rings. The van der Waals surface area contributed by atoms with Gasteiger partial charge in [-0.25, -0.2) is 4.98 Å². The van der Waals surface area contributed by atoms with Crippen LogP contribution in [0.5, 0.6) is 0 Å². The van der Waals surface area contributed by atoms with Crippen molar-refractivity contribution >= 4 is 27.5 Å². The molecule has 1 aliphatic carbocycles. The molecule has 0 aromatic carbocycles. The Labute approximate surface area is 132 Å². The van der Waals surface area contributed by atoms with Gasteiger partial charge in [-0.3, -0.25) is 14.2 Å². The van der Waals surface area contributed by atoms with Crippen LogP contribution in [-0.4, -0.2) is 20.6 Å². The average molecular weight is 320 g/mol. The molecule has 118 valence electrons. The summed E-state index contributed by atoms with van der Waals surface area (Å²) in [5.41, 5.74) is 0.629. The molecule has 0 spiro atoms. The normalized spacial score (nSPS) is 17.6. The molecule has 3 rings (SSSR count). The topological polar surface area (TPSA) is 72.2 Å². The number of aliphatic carboxylic acids is 1. The lowest BCUT2D eigenvalue weighted by molar-refractivity contribution is -0.138. The summed E-state index contributed by atoms with van der Waals surface area (Å²) in [5.74, 6) is -0.489. The van der Waals surface area contributed by atoms with Crippen molar-refractivity contribution in [2.75, 3.05) is 0 Å². The number of carboxylic acid groups (broad SMARTS) is 1. The van der Waals surface area contributed by atoms with Gasteiger partial charge >= 0.3 is 5.97 Å². The van der Waals surface area contributed by atoms with Gasteiger partial charge in [0.2, 0.25) is 0 Å². The number of carbonyl (C=O) groups is 1. The molecule has 0 saturated heterocycles. The molecule has 0 radical (unpaired) electrons. The third-order valence-electron chi connectivity index (χ3n) is 4.24. The Morgan fingerprint density at radius 3 is 2.59 bits per heavy atom. The molecule has 1 N–H and O–H groups in total. The average Bonchev–Trinajstić information content (AvgIpc) is 2.95. The highest BCUT2D eigenvalue weighted by atomic mass is 32.1. The lowest BCUT2D eigenvalue weighted by atomic mass is 10.0. The highest BCUT2D eigenvalue weighted by molar-refractivity contribution is 7.18. The summed E-state index contributed by atoms with van der Waals surface area (Å²) >= 11 is 1.49. The molecule has 1 aliphatic rings. The Morgan fingerprint density at radius 1 is 1.36 bits per heavy atom. The maximum Gasteiger partial charge on any atom is 0.311 e. The van der Waals surface area contributed by atoms with Crippen LogP contribution in [0.2, 0.25) is 0 Å². The van der Waals surface area contributed by atoms with Crippen molar-refractivity contribution < 1.29 is 9.90 Å². The lowest BCUT2D eigenvalue weighted by Gasteiger charge is -2.18. The zero-order valence-corrected chi connectivity index (χ0v) is 14.0. The molecule has 2 aromatic rings. The second-order valence-electron chi connectivity index (χ2n) is 6.44. The molecular weight excluding hydrogens is 300 g/mol. The lowest BCUT2D eigenvalue weighted by Crippen LogP contribution is -2.28. The fraction of sp³-hybridized carbons (Fsp3) is 0.562. The minimum atomic E-state index is -0.845. The van der Waals surface area contributed by atoms with E-state index in [1.54, 1.807) is 4.57 Å². The van der Waals surface area contributed by atoms with E-state index in [0.717, 1.165) is 22.7 Å². The van der Waals surface area contributed by atoms with E-state index in [4.69, 9.17) is 4.98 Å². The summed E-state index contributed by atoms with van der Waals surface area (Å²) in [6, 6.07) is 0.00188. The maximum absolute atomic E-state index is 13.0. The second kappa shape index (κ2) is 5.19. The predicted molar refractivity (Wildman–Crippen MR) is 87.1 cm³/mol. The molecule has 0 bridgehead atoms. The Balaban J connectivity index is 2.39. The van der Waals surface area contributed by atoms with Crippen LogP contribution in [0.15, 0.2) is 4.79 Å². The van der Waals surface area contributed by atoms with E-state index in [-0.39, 0.29) is 17.5 Å². The maximum atomic E-state index is 13.0. The highest BCUT2D eigenvalue weighted by Gasteiger charge is 2.34. The van der Waals surface area contributed by atoms with Crippen LogP contribution in [0.3, 0.4) is 0 Å². The number of fused-ring (bicyclic) bond motifs is 3. The van der Waals surface area contributed by atoms with E-state index >= 15 is 0 Å². The summed E-state index contributed by atoms with van der Waals surface area (Å²) in [6.45, 7) is 7.96. The minimum Gasteiger partial charge on any atom is -0.481 e. The zero-order chi connectivity index (χ0) is 16.2. The number of hydrogen-bond acceptors (Lipinski definition) is 4. The van der Waals surface area contributed by atoms with Gasteiger partial charge in [-0.1, -0.05) is 13.8 Å². The molecule has 5 nitrogen and oxygen atoms in total. The molecule has 22 heavy (non-hydrogen) atoms. The number of aromatic nitrogens is 2. The van der Waals surface area contributed by atoms with Gasteiger partial charge in [0.05, 0.1) is 11.3 Å². The van der Waals surface area contributed by atoms with Gasteiger partial charge in [0, 0.05) is 16.8 Å². The Kier molecular flexibility index (Phi) is 3.59. The summed E-state index contributed by atoms with van der Waals surface area (Å²) in [6.07, 6.45) is 1.31. The third-order valence-corrected chi connectivity index (χ3v) is 5.40. The quantitative estimate of drug-likeness (QED) is 0.942. The van der Waals surface area contributed by atoms with E-state index < -0.39 is 11.9 Å². The van der Waals surface area contributed by atoms with E-state index in [9.17, 15) is 14.7 Å². The van der Waals surface area contributed by atoms with E-state index in [1.165, 1.54) is 11.3 Å². The van der Waals surface area contributed by atoms with Crippen molar-refractivity contribution in [1.82, 2.24) is 9.55 Å². The number of rotatable bonds is 3. The van der Waals surface area contributed by atoms with E-state index in [1.807, 2.05) is 27.7 Å². The SMILES string of the molecule is CC(C)c1nc2sc3c(c2c(=O)n1C(C)C)C(C(=O)O)CC3. The van der Waals surface area contributed by atoms with Crippen molar-refractivity contribution in [1.29, 1.82) is 0 Å². The number of thiophene rings is 1. The molecule has 1 unspecified atom stereocenters. The number of hydrogen-bond donors (Lipinski definition) is 1. The Hall–Kier alpha value is -1.69. The number of nitrogens with zero attached hydrogens (tertiary/aromatic N) is 2. The van der Waals surface area contributed by atoms with Gasteiger partial charge in [-0.05, 0) is 32.3 Å². The van der Waals surface area contributed by atoms with Crippen molar-refractivity contribution in [3.05, 3.63) is 26.6 Å². The van der Waals surface area contributed by atoms with Crippen LogP contribution in [0.25, 0.3) is 10.2 Å². The minimum absolute atomic E-state index is 0.00188. The van der Waals surface area contributed by atoms with Crippen molar-refractivity contribution in [2.45, 2.75) is 58.4 Å². The van der Waals surface area contributed by atoms with Gasteiger partial charge in [-0.2, -0.15) is 0 Å². The first-order valence-corrected chi connectivity index (χ1v) is 8.45. The third kappa shape index (κ3) is 2.08. The van der Waals surface area contributed by atoms with Crippen molar-refractivity contribution in [2.24, 2.45) is 0 Å². The molecule has 2 aromatic heterocycles. The van der Waals surface area contributed by atoms with Gasteiger partial charge < -0.3 is 5.11 Å². The molecule has 0 amide bonds. The van der Waals surface area contributed by atoms with E-state index in [2.05, 4.69) is 0 Å². The second-order valence-corrected chi connectivity index (χ2v) is 7.53. The van der Waals surface area contributed by atoms with Crippen LogP contribution in [-0.2, 0) is 11.2 Å². The van der Waals surface area contributed by atoms with Crippen LogP contribution in [0, 0.1) is 0 Å². The van der Waals surface area contributed by atoms with Gasteiger partial charge in [0.1, 0.15) is 10.7 Å².